The second kappa shape index (κ2) is 74.5. The second-order valence-electron chi connectivity index (χ2n) is 12.3. The Kier molecular flexibility index (Phi) is 119. The van der Waals surface area contributed by atoms with Gasteiger partial charge in [-0.2, -0.15) is 0 Å². The minimum absolute atomic E-state index is 0. The van der Waals surface area contributed by atoms with Crippen LogP contribution in [0.25, 0.3) is 0 Å². The van der Waals surface area contributed by atoms with E-state index in [2.05, 4.69) is 45.9 Å². The van der Waals surface area contributed by atoms with Gasteiger partial charge in [0.2, 0.25) is 0 Å². The summed E-state index contributed by atoms with van der Waals surface area (Å²) in [5.74, 6) is -18.9. The molecule has 0 bridgehead atoms. The van der Waals surface area contributed by atoms with E-state index in [1.54, 1.807) is 0 Å². The Bertz CT molecular complexity index is 2250. The Hall–Kier alpha value is -11.0. The van der Waals surface area contributed by atoms with Crippen LogP contribution >= 0.6 is 0 Å². The van der Waals surface area contributed by atoms with Crippen LogP contribution in [-0.2, 0) is 110 Å². The molecule has 94 heavy (non-hydrogen) atoms. The Morgan fingerprint density at radius 1 is 0.234 bits per heavy atom. The van der Waals surface area contributed by atoms with Crippen LogP contribution in [0.1, 0.15) is 115 Å². The van der Waals surface area contributed by atoms with E-state index >= 15 is 0 Å². The van der Waals surface area contributed by atoms with Crippen LogP contribution < -0.4 is 96.9 Å². The molecule has 0 aliphatic carbocycles. The second-order valence-corrected chi connectivity index (χ2v) is 12.3. The normalized spacial score (nSPS) is 7.15. The molecule has 0 aliphatic rings. The molecule has 0 unspecified atom stereocenters. The fraction of sp³-hybridized carbons (Fsp3) is 0. The van der Waals surface area contributed by atoms with Crippen molar-refractivity contribution >= 4 is 95.8 Å². The van der Waals surface area contributed by atoms with Gasteiger partial charge in [0.05, 0.1) is 70.0 Å². The molecule has 0 aliphatic heterocycles. The molecule has 4 rings (SSSR count). The molecule has 0 atom stereocenters. The predicted molar refractivity (Wildman–Crippen MR) is 282 cm³/mol. The van der Waals surface area contributed by atoms with E-state index < -0.39 is 163 Å². The van der Waals surface area contributed by atoms with Crippen LogP contribution in [0.5, 0.6) is 0 Å². The molecule has 0 fully saturated rings. The van der Waals surface area contributed by atoms with E-state index in [-0.39, 0.29) is 143 Å². The first-order chi connectivity index (χ1) is 34.6. The van der Waals surface area contributed by atoms with Crippen molar-refractivity contribution in [3.05, 3.63) is 140 Å². The van der Waals surface area contributed by atoms with E-state index in [0.29, 0.717) is 0 Å². The van der Waals surface area contributed by atoms with Crippen LogP contribution in [0.3, 0.4) is 0 Å². The van der Waals surface area contributed by atoms with Gasteiger partial charge in [0.1, 0.15) is 0 Å². The van der Waals surface area contributed by atoms with Crippen molar-refractivity contribution in [2.45, 2.75) is 0 Å². The first kappa shape index (κ1) is 150. The van der Waals surface area contributed by atoms with Gasteiger partial charge in [-0.15, -0.1) is 0 Å². The molecular weight excluding hydrogens is 1500 g/mol. The minimum Gasteiger partial charge on any atom is -0.545 e. The van der Waals surface area contributed by atoms with Gasteiger partial charge in [-0.1, -0.05) is 0 Å². The van der Waals surface area contributed by atoms with Crippen molar-refractivity contribution in [3.63, 3.8) is 0 Å². The Labute approximate surface area is 559 Å². The van der Waals surface area contributed by atoms with Crippen molar-refractivity contribution in [3.8, 4) is 0 Å². The number of urea groups is 4. The van der Waals surface area contributed by atoms with Crippen molar-refractivity contribution in [2.24, 2.45) is 45.9 Å². The van der Waals surface area contributed by atoms with Gasteiger partial charge in [-0.3, -0.25) is 0 Å². The zero-order valence-electron chi connectivity index (χ0n) is 46.0. The van der Waals surface area contributed by atoms with E-state index in [4.69, 9.17) is 39.0 Å². The summed E-state index contributed by atoms with van der Waals surface area (Å²) >= 11 is 0. The number of hydrogen-bond acceptors (Lipinski definition) is 24. The molecular formula is C40H68N8Ni4O42+8. The maximum atomic E-state index is 10.5. The van der Waals surface area contributed by atoms with Gasteiger partial charge in [-0.05, 0) is 117 Å². The van der Waals surface area contributed by atoms with Gasteiger partial charge in [0, 0.05) is 0 Å². The molecule has 552 valence electrons. The predicted octanol–water partition coefficient (Wildman–Crippen LogP) is -27.0. The molecule has 4 aromatic carbocycles. The number of rotatable bonds is 12. The van der Waals surface area contributed by atoms with E-state index in [0.717, 1.165) is 72.8 Å². The average molecular weight is 1570 g/mol. The number of benzene rings is 4. The van der Waals surface area contributed by atoms with E-state index in [1.807, 2.05) is 0 Å². The fourth-order valence-corrected chi connectivity index (χ4v) is 3.95. The van der Waals surface area contributed by atoms with Crippen LogP contribution in [0.4, 0.5) is 19.2 Å². The first-order valence-corrected chi connectivity index (χ1v) is 18.0. The summed E-state index contributed by atoms with van der Waals surface area (Å²) in [6.45, 7) is 0. The third-order valence-electron chi connectivity index (χ3n) is 6.61. The zero-order valence-corrected chi connectivity index (χ0v) is 50.0. The van der Waals surface area contributed by atoms with Gasteiger partial charge >= 0.3 is 114 Å². The molecule has 0 radical (unpaired) electrons. The number of carbonyl (C=O) groups excluding carboxylic acids is 14. The van der Waals surface area contributed by atoms with Crippen LogP contribution in [0, 0.1) is 0 Å². The summed E-state index contributed by atoms with van der Waals surface area (Å²) in [4.78, 5) is 158. The van der Waals surface area contributed by atoms with E-state index in [9.17, 15) is 99.0 Å². The molecule has 0 heterocycles. The average Bonchev–Trinajstić information content (AvgIpc) is 3.28. The third-order valence-corrected chi connectivity index (χ3v) is 6.61. The maximum absolute atomic E-state index is 10.5. The van der Waals surface area contributed by atoms with Crippen molar-refractivity contribution < 1.29 is 281 Å². The standard InChI is InChI=1S/4C9H6O6.4CH4N2O.4Ni.14H2O/c4*10-7(11)4-1-5(8(12)13)3-6(2-4)9(14)15;4*2-1(3)4;;;;;;;;;;;;;;;;;;/h4*1-3H,(H,10,11)(H,12,13)(H,14,15);4*(H4,2,3,4);;;;;14*1H2/q;;;;;;;;4*+2;;;;;;;;;;;;;;. The van der Waals surface area contributed by atoms with Crippen molar-refractivity contribution in [1.29, 1.82) is 0 Å². The fourth-order valence-electron chi connectivity index (χ4n) is 3.95. The topological polar surface area (TPSA) is 1210 Å². The number of amides is 8. The zero-order chi connectivity index (χ0) is 60.7. The Morgan fingerprint density at radius 3 is 0.383 bits per heavy atom. The molecule has 56 N–H and O–H groups in total. The number of aromatic carboxylic acids is 12. The summed E-state index contributed by atoms with van der Waals surface area (Å²) in [5.41, 5.74) is 28.1. The summed E-state index contributed by atoms with van der Waals surface area (Å²) in [5, 5.41) is 122. The van der Waals surface area contributed by atoms with E-state index in [1.165, 1.54) is 0 Å². The molecule has 0 saturated heterocycles. The molecule has 0 spiro atoms. The van der Waals surface area contributed by atoms with Gasteiger partial charge < -0.3 is 222 Å². The SMILES string of the molecule is NC(N)=O.NC(N)=O.NC(N)=O.NC(N)=O.O.O.O.O.O.O.O=C([O-])c1cc(C(=O)O)cc(C([O-])=[OH+])c1.O=C([O-])c1cc(C(=O)O)cc(C([O-])=[OH+])c1.O=C([O-])c1cc(C(=O)[O-])cc(C(=O)[O-])c1.O=C([O-])c1cc(C(=O)[O-])cc(C(=O)[O-])c1.[Ni+2].[Ni+2].[Ni+2].[Ni+2].[OH3+].[OH3+].[OH3+].[OH3+].[OH3+].[OH3+].[OH3+].[OH3+]. The monoisotopic (exact) mass is 1560 g/mol. The Morgan fingerprint density at radius 2 is 0.309 bits per heavy atom. The van der Waals surface area contributed by atoms with Gasteiger partial charge in [0.25, 0.3) is 0 Å². The summed E-state index contributed by atoms with van der Waals surface area (Å²) in [6.07, 6.45) is 0. The minimum atomic E-state index is -1.68. The van der Waals surface area contributed by atoms with Crippen molar-refractivity contribution in [1.82, 2.24) is 0 Å². The summed E-state index contributed by atoms with van der Waals surface area (Å²) in [6, 6.07) is 6.24. The van der Waals surface area contributed by atoms with Crippen molar-refractivity contribution in [2.75, 3.05) is 0 Å². The van der Waals surface area contributed by atoms with Crippen LogP contribution in [0.2, 0.25) is 0 Å². The summed E-state index contributed by atoms with van der Waals surface area (Å²) in [7, 11) is 0. The molecule has 0 saturated carbocycles. The molecule has 4 aromatic rings. The number of hydrogen-bond donors (Lipinski definition) is 10. The molecule has 50 nitrogen and oxygen atoms in total. The number of carboxylic acids is 12. The first-order valence-electron chi connectivity index (χ1n) is 18.0. The largest absolute Gasteiger partial charge is 2.00 e. The van der Waals surface area contributed by atoms with Gasteiger partial charge in [0.15, 0.2) is 0 Å². The van der Waals surface area contributed by atoms with Crippen LogP contribution in [-0.4, -0.2) is 148 Å². The smallest absolute Gasteiger partial charge is 0.545 e. The number of nitrogens with two attached hydrogens (primary N) is 8. The molecule has 8 amide bonds. The van der Waals surface area contributed by atoms with Gasteiger partial charge in [-0.25, -0.2) is 39.0 Å². The summed E-state index contributed by atoms with van der Waals surface area (Å²) < 4.78 is 0. The van der Waals surface area contributed by atoms with Crippen LogP contribution in [0.15, 0.2) is 72.8 Å². The molecule has 0 aromatic heterocycles. The quantitative estimate of drug-likeness (QED) is 0.0465. The Balaban J connectivity index is -0.0000000321. The number of primary amides is 8. The molecule has 54 heteroatoms. The maximum Gasteiger partial charge on any atom is 2.00 e. The number of carboxylic acid groups (broad SMARTS) is 12. The number of carbonyl (C=O) groups is 14. The third kappa shape index (κ3) is 71.8.